The van der Waals surface area contributed by atoms with Gasteiger partial charge in [0.15, 0.2) is 0 Å². The van der Waals surface area contributed by atoms with Crippen molar-refractivity contribution in [3.05, 3.63) is 41.7 Å². The Morgan fingerprint density at radius 2 is 1.85 bits per heavy atom. The maximum atomic E-state index is 11.3. The van der Waals surface area contributed by atoms with Crippen LogP contribution in [0.3, 0.4) is 0 Å². The Balaban J connectivity index is 1.59. The van der Waals surface area contributed by atoms with E-state index in [0.29, 0.717) is 6.54 Å². The lowest BCUT2D eigenvalue weighted by Gasteiger charge is -2.31. The summed E-state index contributed by atoms with van der Waals surface area (Å²) < 4.78 is 22.6. The van der Waals surface area contributed by atoms with Crippen molar-refractivity contribution in [2.45, 2.75) is 38.0 Å². The molecule has 0 unspecified atom stereocenters. The highest BCUT2D eigenvalue weighted by molar-refractivity contribution is 7.89. The molecule has 1 saturated heterocycles. The smallest absolute Gasteiger partial charge is 0.238 e. The van der Waals surface area contributed by atoms with Gasteiger partial charge < -0.3 is 10.2 Å². The third-order valence-electron chi connectivity index (χ3n) is 4.90. The number of nitrogens with zero attached hydrogens (tertiary/aromatic N) is 3. The lowest BCUT2D eigenvalue weighted by molar-refractivity contribution is 0.436. The number of benzene rings is 1. The number of rotatable bonds is 6. The van der Waals surface area contributed by atoms with E-state index in [9.17, 15) is 8.42 Å². The normalized spacial score (nSPS) is 15.7. The van der Waals surface area contributed by atoms with Gasteiger partial charge in [0.2, 0.25) is 10.0 Å². The number of primary sulfonamides is 1. The molecule has 0 bridgehead atoms. The average Bonchev–Trinajstić information content (AvgIpc) is 2.61. The maximum absolute atomic E-state index is 11.3. The van der Waals surface area contributed by atoms with Crippen LogP contribution in [0, 0.1) is 12.8 Å². The highest BCUT2D eigenvalue weighted by Crippen LogP contribution is 2.23. The van der Waals surface area contributed by atoms with Crippen molar-refractivity contribution >= 4 is 21.7 Å². The zero-order valence-corrected chi connectivity index (χ0v) is 16.7. The molecule has 1 aromatic carbocycles. The number of sulfonamides is 1. The fraction of sp³-hybridized carbons (Fsp3) is 0.474. The molecule has 1 aliphatic heterocycles. The van der Waals surface area contributed by atoms with E-state index in [-0.39, 0.29) is 4.90 Å². The van der Waals surface area contributed by atoms with Crippen LogP contribution in [0.2, 0.25) is 0 Å². The summed E-state index contributed by atoms with van der Waals surface area (Å²) in [4.78, 5) is 11.5. The summed E-state index contributed by atoms with van der Waals surface area (Å²) in [6.07, 6.45) is 3.14. The molecule has 3 N–H and O–H groups in total. The largest absolute Gasteiger partial charge is 0.370 e. The van der Waals surface area contributed by atoms with Gasteiger partial charge >= 0.3 is 0 Å². The Morgan fingerprint density at radius 1 is 1.19 bits per heavy atom. The summed E-state index contributed by atoms with van der Waals surface area (Å²) in [5, 5.41) is 8.47. The molecule has 0 aliphatic carbocycles. The Morgan fingerprint density at radius 3 is 2.48 bits per heavy atom. The molecule has 1 fully saturated rings. The van der Waals surface area contributed by atoms with Crippen molar-refractivity contribution in [1.82, 2.24) is 9.97 Å². The molecule has 1 aromatic heterocycles. The van der Waals surface area contributed by atoms with Crippen LogP contribution >= 0.6 is 0 Å². The second kappa shape index (κ2) is 8.22. The number of piperidine rings is 1. The van der Waals surface area contributed by atoms with Crippen molar-refractivity contribution < 1.29 is 8.42 Å². The molecule has 7 nitrogen and oxygen atoms in total. The number of nitrogens with one attached hydrogen (secondary N) is 1. The molecular weight excluding hydrogens is 362 g/mol. The van der Waals surface area contributed by atoms with E-state index in [0.717, 1.165) is 48.5 Å². The first-order valence-corrected chi connectivity index (χ1v) is 10.8. The maximum Gasteiger partial charge on any atom is 0.238 e. The van der Waals surface area contributed by atoms with Gasteiger partial charge in [-0.25, -0.2) is 23.5 Å². The highest BCUT2D eigenvalue weighted by atomic mass is 32.2. The van der Waals surface area contributed by atoms with E-state index in [1.54, 1.807) is 12.1 Å². The van der Waals surface area contributed by atoms with Gasteiger partial charge in [-0.1, -0.05) is 19.1 Å². The molecule has 3 rings (SSSR count). The van der Waals surface area contributed by atoms with E-state index >= 15 is 0 Å². The Bertz CT molecular complexity index is 875. The number of hydrogen-bond acceptors (Lipinski definition) is 6. The average molecular weight is 390 g/mol. The Hall–Kier alpha value is -2.19. The fourth-order valence-corrected chi connectivity index (χ4v) is 3.74. The van der Waals surface area contributed by atoms with Crippen molar-refractivity contribution in [2.75, 3.05) is 29.9 Å². The van der Waals surface area contributed by atoms with E-state index in [1.807, 2.05) is 13.0 Å². The number of anilines is 2. The minimum absolute atomic E-state index is 0.131. The Labute approximate surface area is 161 Å². The molecule has 8 heteroatoms. The summed E-state index contributed by atoms with van der Waals surface area (Å²) in [5.74, 6) is 3.33. The lowest BCUT2D eigenvalue weighted by atomic mass is 9.99. The lowest BCUT2D eigenvalue weighted by Crippen LogP contribution is -2.33. The van der Waals surface area contributed by atoms with Crippen LogP contribution in [0.25, 0.3) is 0 Å². The first-order valence-electron chi connectivity index (χ1n) is 9.27. The van der Waals surface area contributed by atoms with Crippen molar-refractivity contribution in [1.29, 1.82) is 0 Å². The summed E-state index contributed by atoms with van der Waals surface area (Å²) in [7, 11) is -3.64. The van der Waals surface area contributed by atoms with E-state index in [2.05, 4.69) is 27.1 Å². The molecule has 2 aromatic rings. The van der Waals surface area contributed by atoms with E-state index < -0.39 is 10.0 Å². The molecule has 2 heterocycles. The Kier molecular flexibility index (Phi) is 5.96. The molecule has 0 spiro atoms. The topological polar surface area (TPSA) is 101 Å². The molecule has 1 aliphatic rings. The standard InChI is InChI=1S/C19H27N5O2S/c1-14-8-11-24(12-9-14)19-13-18(22-15(2)23-19)21-10-7-16-3-5-17(6-4-16)27(20,25)26/h3-6,13-14H,7-12H2,1-2H3,(H2,20,25,26)(H,21,22,23). The number of aromatic nitrogens is 2. The SMILES string of the molecule is Cc1nc(NCCc2ccc(S(N)(=O)=O)cc2)cc(N2CCC(C)CC2)n1. The van der Waals surface area contributed by atoms with Gasteiger partial charge in [-0.05, 0) is 49.8 Å². The first-order chi connectivity index (χ1) is 12.8. The number of aryl methyl sites for hydroxylation is 1. The van der Waals surface area contributed by atoms with Crippen LogP contribution < -0.4 is 15.4 Å². The highest BCUT2D eigenvalue weighted by Gasteiger charge is 2.18. The summed E-state index contributed by atoms with van der Waals surface area (Å²) in [6, 6.07) is 8.65. The van der Waals surface area contributed by atoms with Gasteiger partial charge in [0.1, 0.15) is 17.5 Å². The van der Waals surface area contributed by atoms with Gasteiger partial charge in [-0.2, -0.15) is 0 Å². The third-order valence-corrected chi connectivity index (χ3v) is 5.83. The number of hydrogen-bond donors (Lipinski definition) is 2. The van der Waals surface area contributed by atoms with Crippen molar-refractivity contribution in [2.24, 2.45) is 11.1 Å². The van der Waals surface area contributed by atoms with Crippen LogP contribution in [0.4, 0.5) is 11.6 Å². The second-order valence-electron chi connectivity index (χ2n) is 7.19. The summed E-state index contributed by atoms with van der Waals surface area (Å²) >= 11 is 0. The molecule has 0 amide bonds. The zero-order chi connectivity index (χ0) is 19.4. The van der Waals surface area contributed by atoms with E-state index in [4.69, 9.17) is 5.14 Å². The molecule has 0 atom stereocenters. The van der Waals surface area contributed by atoms with Crippen LogP contribution in [0.1, 0.15) is 31.2 Å². The minimum Gasteiger partial charge on any atom is -0.370 e. The monoisotopic (exact) mass is 389 g/mol. The van der Waals surface area contributed by atoms with Crippen molar-refractivity contribution in [3.63, 3.8) is 0 Å². The van der Waals surface area contributed by atoms with Crippen LogP contribution in [-0.4, -0.2) is 38.0 Å². The third kappa shape index (κ3) is 5.40. The van der Waals surface area contributed by atoms with Crippen LogP contribution in [0.15, 0.2) is 35.2 Å². The van der Waals surface area contributed by atoms with E-state index in [1.165, 1.54) is 25.0 Å². The minimum atomic E-state index is -3.64. The van der Waals surface area contributed by atoms with Gasteiger partial charge in [-0.3, -0.25) is 0 Å². The molecule has 0 radical (unpaired) electrons. The van der Waals surface area contributed by atoms with Crippen molar-refractivity contribution in [3.8, 4) is 0 Å². The zero-order valence-electron chi connectivity index (χ0n) is 15.9. The molecule has 0 saturated carbocycles. The van der Waals surface area contributed by atoms with Gasteiger partial charge in [0.25, 0.3) is 0 Å². The van der Waals surface area contributed by atoms with Gasteiger partial charge in [-0.15, -0.1) is 0 Å². The predicted molar refractivity (Wildman–Crippen MR) is 107 cm³/mol. The van der Waals surface area contributed by atoms with Crippen LogP contribution in [0.5, 0.6) is 0 Å². The number of nitrogens with two attached hydrogens (primary N) is 1. The molecular formula is C19H27N5O2S. The summed E-state index contributed by atoms with van der Waals surface area (Å²) in [5.41, 5.74) is 1.03. The second-order valence-corrected chi connectivity index (χ2v) is 8.76. The quantitative estimate of drug-likeness (QED) is 0.786. The molecule has 146 valence electrons. The molecule has 27 heavy (non-hydrogen) atoms. The van der Waals surface area contributed by atoms with Gasteiger partial charge in [0, 0.05) is 25.7 Å². The predicted octanol–water partition coefficient (Wildman–Crippen LogP) is 2.32. The van der Waals surface area contributed by atoms with Gasteiger partial charge in [0.05, 0.1) is 4.90 Å². The van der Waals surface area contributed by atoms with Crippen LogP contribution in [-0.2, 0) is 16.4 Å². The summed E-state index contributed by atoms with van der Waals surface area (Å²) in [6.45, 7) is 6.97. The fourth-order valence-electron chi connectivity index (χ4n) is 3.22. The first kappa shape index (κ1) is 19.6.